The van der Waals surface area contributed by atoms with Crippen LogP contribution in [0.3, 0.4) is 0 Å². The molecular formula is C33H25NO5S. The Morgan fingerprint density at radius 2 is 1.60 bits per heavy atom. The van der Waals surface area contributed by atoms with Gasteiger partial charge in [-0.1, -0.05) is 66.7 Å². The summed E-state index contributed by atoms with van der Waals surface area (Å²) < 4.78 is 11.3. The number of benzene rings is 3. The molecule has 0 bridgehead atoms. The van der Waals surface area contributed by atoms with Crippen LogP contribution < -0.4 is 14.4 Å². The lowest BCUT2D eigenvalue weighted by Gasteiger charge is -2.37. The highest BCUT2D eigenvalue weighted by Gasteiger charge is 2.72. The van der Waals surface area contributed by atoms with Crippen molar-refractivity contribution in [3.8, 4) is 11.5 Å². The number of thiophene rings is 1. The summed E-state index contributed by atoms with van der Waals surface area (Å²) in [6.07, 6.45) is 3.89. The second kappa shape index (κ2) is 9.03. The first-order valence-corrected chi connectivity index (χ1v) is 13.9. The molecule has 3 atom stereocenters. The van der Waals surface area contributed by atoms with E-state index in [0.29, 0.717) is 33.1 Å². The zero-order valence-electron chi connectivity index (χ0n) is 21.9. The van der Waals surface area contributed by atoms with Crippen molar-refractivity contribution in [3.63, 3.8) is 0 Å². The number of ether oxygens (including phenoxy) is 2. The fraction of sp³-hybridized carbons (Fsp3) is 0.182. The molecule has 3 heterocycles. The number of fused-ring (bicyclic) bond motifs is 5. The maximum atomic E-state index is 14.7. The van der Waals surface area contributed by atoms with E-state index in [-0.39, 0.29) is 17.3 Å². The molecule has 0 N–H and O–H groups in total. The molecule has 0 saturated carbocycles. The van der Waals surface area contributed by atoms with Crippen LogP contribution in [0.25, 0.3) is 6.08 Å². The fourth-order valence-electron chi connectivity index (χ4n) is 6.90. The summed E-state index contributed by atoms with van der Waals surface area (Å²) in [6.45, 7) is 0. The molecule has 40 heavy (non-hydrogen) atoms. The molecule has 7 heteroatoms. The van der Waals surface area contributed by atoms with Gasteiger partial charge in [-0.3, -0.25) is 14.4 Å². The molecule has 7 rings (SSSR count). The van der Waals surface area contributed by atoms with Gasteiger partial charge in [-0.05, 0) is 29.1 Å². The van der Waals surface area contributed by atoms with Gasteiger partial charge in [0.2, 0.25) is 0 Å². The van der Waals surface area contributed by atoms with Gasteiger partial charge in [0.05, 0.1) is 25.1 Å². The van der Waals surface area contributed by atoms with Crippen LogP contribution >= 0.6 is 11.3 Å². The standard InChI is InChI=1S/C33H25NO5S/c1-38-20-14-15-23(25(18-20)39-2)28-29(30(35)26-12-7-17-40-26)34-24-11-6-3-8-19(24)13-16-27(34)33(28)31(36)21-9-4-5-10-22(21)32(33)37/h3-18,27-29H,1-2H3/t27?,28-,29+/m0/s1. The summed E-state index contributed by atoms with van der Waals surface area (Å²) in [4.78, 5) is 46.5. The Kier molecular flexibility index (Phi) is 5.54. The summed E-state index contributed by atoms with van der Waals surface area (Å²) >= 11 is 1.36. The molecule has 3 aliphatic rings. The quantitative estimate of drug-likeness (QED) is 0.223. The molecule has 0 radical (unpaired) electrons. The SMILES string of the molecule is COc1ccc([C@H]2[C@H](C(=O)c3cccs3)N3c4ccccc4C=CC3C23C(=O)c2ccccc2C3=O)c(OC)c1. The number of hydrogen-bond donors (Lipinski definition) is 0. The summed E-state index contributed by atoms with van der Waals surface area (Å²) in [5.74, 6) is -0.476. The van der Waals surface area contributed by atoms with Crippen LogP contribution in [0, 0.1) is 5.41 Å². The summed E-state index contributed by atoms with van der Waals surface area (Å²) in [7, 11) is 3.11. The highest BCUT2D eigenvalue weighted by molar-refractivity contribution is 7.12. The van der Waals surface area contributed by atoms with E-state index in [1.165, 1.54) is 11.3 Å². The molecule has 1 fully saturated rings. The summed E-state index contributed by atoms with van der Waals surface area (Å²) in [5, 5.41) is 1.87. The van der Waals surface area contributed by atoms with Crippen LogP contribution in [0.15, 0.2) is 90.3 Å². The number of rotatable bonds is 5. The zero-order valence-corrected chi connectivity index (χ0v) is 22.7. The molecule has 1 saturated heterocycles. The molecule has 1 spiro atoms. The van der Waals surface area contributed by atoms with Crippen molar-refractivity contribution in [2.24, 2.45) is 5.41 Å². The first kappa shape index (κ1) is 24.5. The summed E-state index contributed by atoms with van der Waals surface area (Å²) in [6, 6.07) is 22.3. The Morgan fingerprint density at radius 1 is 0.875 bits per heavy atom. The molecular weight excluding hydrogens is 522 g/mol. The lowest BCUT2D eigenvalue weighted by atomic mass is 9.64. The molecule has 1 aliphatic carbocycles. The molecule has 4 aromatic rings. The van der Waals surface area contributed by atoms with Crippen molar-refractivity contribution < 1.29 is 23.9 Å². The molecule has 1 unspecified atom stereocenters. The molecule has 6 nitrogen and oxygen atoms in total. The van der Waals surface area contributed by atoms with Gasteiger partial charge in [-0.2, -0.15) is 0 Å². The van der Waals surface area contributed by atoms with Crippen molar-refractivity contribution >= 4 is 40.4 Å². The van der Waals surface area contributed by atoms with Crippen LogP contribution in [0.5, 0.6) is 11.5 Å². The van der Waals surface area contributed by atoms with Crippen LogP contribution in [0.4, 0.5) is 5.69 Å². The normalized spacial score (nSPS) is 21.8. The second-order valence-electron chi connectivity index (χ2n) is 10.2. The lowest BCUT2D eigenvalue weighted by molar-refractivity contribution is 0.0665. The van der Waals surface area contributed by atoms with E-state index in [1.807, 2.05) is 58.8 Å². The van der Waals surface area contributed by atoms with Crippen molar-refractivity contribution in [2.75, 3.05) is 19.1 Å². The molecule has 3 aromatic carbocycles. The van der Waals surface area contributed by atoms with Gasteiger partial charge < -0.3 is 14.4 Å². The number of ketones is 3. The predicted molar refractivity (Wildman–Crippen MR) is 154 cm³/mol. The second-order valence-corrected chi connectivity index (χ2v) is 11.2. The van der Waals surface area contributed by atoms with Crippen molar-refractivity contribution in [3.05, 3.63) is 117 Å². The first-order chi connectivity index (χ1) is 19.5. The third-order valence-electron chi connectivity index (χ3n) is 8.52. The van der Waals surface area contributed by atoms with E-state index >= 15 is 0 Å². The van der Waals surface area contributed by atoms with Crippen LogP contribution in [-0.2, 0) is 0 Å². The van der Waals surface area contributed by atoms with Crippen LogP contribution in [-0.4, -0.2) is 43.7 Å². The Labute approximate surface area is 235 Å². The van der Waals surface area contributed by atoms with E-state index in [0.717, 1.165) is 11.3 Å². The van der Waals surface area contributed by atoms with Crippen molar-refractivity contribution in [1.82, 2.24) is 0 Å². The van der Waals surface area contributed by atoms with E-state index in [9.17, 15) is 14.4 Å². The fourth-order valence-corrected chi connectivity index (χ4v) is 7.60. The van der Waals surface area contributed by atoms with Gasteiger partial charge in [0, 0.05) is 34.4 Å². The first-order valence-electron chi connectivity index (χ1n) is 13.1. The number of carbonyl (C=O) groups excluding carboxylic acids is 3. The molecule has 0 amide bonds. The third-order valence-corrected chi connectivity index (χ3v) is 9.41. The van der Waals surface area contributed by atoms with Crippen LogP contribution in [0.1, 0.15) is 47.4 Å². The topological polar surface area (TPSA) is 72.9 Å². The van der Waals surface area contributed by atoms with Gasteiger partial charge in [0.15, 0.2) is 17.3 Å². The highest BCUT2D eigenvalue weighted by atomic mass is 32.1. The molecule has 1 aromatic heterocycles. The number of Topliss-reactive ketones (excluding diaryl/α,β-unsaturated/α-hetero) is 3. The Morgan fingerprint density at radius 3 is 2.27 bits per heavy atom. The largest absolute Gasteiger partial charge is 0.497 e. The Bertz CT molecular complexity index is 1690. The number of nitrogens with zero attached hydrogens (tertiary/aromatic N) is 1. The van der Waals surface area contributed by atoms with Gasteiger partial charge in [0.1, 0.15) is 23.0 Å². The summed E-state index contributed by atoms with van der Waals surface area (Å²) in [5.41, 5.74) is 1.56. The average Bonchev–Trinajstić information content (AvgIpc) is 3.70. The maximum absolute atomic E-state index is 14.7. The van der Waals surface area contributed by atoms with Gasteiger partial charge >= 0.3 is 0 Å². The maximum Gasteiger partial charge on any atom is 0.195 e. The predicted octanol–water partition coefficient (Wildman–Crippen LogP) is 6.08. The average molecular weight is 548 g/mol. The smallest absolute Gasteiger partial charge is 0.195 e. The monoisotopic (exact) mass is 547 g/mol. The number of carbonyl (C=O) groups is 3. The Hall–Kier alpha value is -4.49. The minimum Gasteiger partial charge on any atom is -0.497 e. The van der Waals surface area contributed by atoms with Crippen molar-refractivity contribution in [1.29, 1.82) is 0 Å². The van der Waals surface area contributed by atoms with Crippen molar-refractivity contribution in [2.45, 2.75) is 18.0 Å². The Balaban J connectivity index is 1.57. The molecule has 2 aliphatic heterocycles. The minimum atomic E-state index is -1.58. The number of anilines is 1. The number of methoxy groups -OCH3 is 2. The van der Waals surface area contributed by atoms with Gasteiger partial charge in [-0.15, -0.1) is 11.3 Å². The van der Waals surface area contributed by atoms with E-state index in [1.54, 1.807) is 56.7 Å². The van der Waals surface area contributed by atoms with Gasteiger partial charge in [0.25, 0.3) is 0 Å². The third kappa shape index (κ3) is 3.12. The zero-order chi connectivity index (χ0) is 27.6. The van der Waals surface area contributed by atoms with E-state index in [2.05, 4.69) is 0 Å². The van der Waals surface area contributed by atoms with Gasteiger partial charge in [-0.25, -0.2) is 0 Å². The lowest BCUT2D eigenvalue weighted by Crippen LogP contribution is -2.48. The van der Waals surface area contributed by atoms with E-state index in [4.69, 9.17) is 9.47 Å². The van der Waals surface area contributed by atoms with Crippen LogP contribution in [0.2, 0.25) is 0 Å². The number of para-hydroxylation sites is 1. The molecule has 198 valence electrons. The van der Waals surface area contributed by atoms with E-state index < -0.39 is 23.4 Å². The minimum absolute atomic E-state index is 0.138. The number of hydrogen-bond acceptors (Lipinski definition) is 7. The highest BCUT2D eigenvalue weighted by Crippen LogP contribution is 2.62.